The van der Waals surface area contributed by atoms with Crippen LogP contribution in [0.4, 0.5) is 0 Å². The first kappa shape index (κ1) is 20.2. The molecule has 2 heterocycles. The van der Waals surface area contributed by atoms with Gasteiger partial charge in [0.05, 0.1) is 30.9 Å². The number of aromatic nitrogens is 2. The molecule has 1 amide bonds. The van der Waals surface area contributed by atoms with Crippen LogP contribution in [0, 0.1) is 0 Å². The number of esters is 1. The minimum Gasteiger partial charge on any atom is -0.493 e. The predicted molar refractivity (Wildman–Crippen MR) is 118 cm³/mol. The van der Waals surface area contributed by atoms with E-state index < -0.39 is 0 Å². The van der Waals surface area contributed by atoms with Gasteiger partial charge in [0, 0.05) is 30.3 Å². The molecule has 1 atom stereocenters. The SMILES string of the molecule is COC(=O)c1cccc(-c2ccc3c(c2)C(NC(=O)c2cnc(C4CC4)nc2)CCO3)c1. The van der Waals surface area contributed by atoms with E-state index in [-0.39, 0.29) is 17.9 Å². The number of ether oxygens (including phenoxy) is 2. The smallest absolute Gasteiger partial charge is 0.337 e. The number of rotatable bonds is 5. The van der Waals surface area contributed by atoms with Gasteiger partial charge in [-0.1, -0.05) is 18.2 Å². The maximum atomic E-state index is 12.8. The number of amides is 1. The first-order valence-corrected chi connectivity index (χ1v) is 10.7. The summed E-state index contributed by atoms with van der Waals surface area (Å²) in [7, 11) is 1.36. The molecule has 7 nitrogen and oxygen atoms in total. The molecule has 0 bridgehead atoms. The fourth-order valence-corrected chi connectivity index (χ4v) is 3.92. The fraction of sp³-hybridized carbons (Fsp3) is 0.280. The molecule has 1 saturated carbocycles. The lowest BCUT2D eigenvalue weighted by Gasteiger charge is -2.27. The van der Waals surface area contributed by atoms with Gasteiger partial charge in [0.2, 0.25) is 0 Å². The maximum absolute atomic E-state index is 12.8. The Kier molecular flexibility index (Phi) is 5.31. The third kappa shape index (κ3) is 4.06. The first-order valence-electron chi connectivity index (χ1n) is 10.7. The van der Waals surface area contributed by atoms with Crippen molar-refractivity contribution in [2.75, 3.05) is 13.7 Å². The molecule has 7 heteroatoms. The van der Waals surface area contributed by atoms with Crippen LogP contribution in [0.25, 0.3) is 11.1 Å². The number of nitrogens with zero attached hydrogens (tertiary/aromatic N) is 2. The number of fused-ring (bicyclic) bond motifs is 1. The lowest BCUT2D eigenvalue weighted by molar-refractivity contribution is 0.0600. The van der Waals surface area contributed by atoms with E-state index in [0.29, 0.717) is 30.1 Å². The Balaban J connectivity index is 1.39. The average molecular weight is 429 g/mol. The molecular weight excluding hydrogens is 406 g/mol. The Morgan fingerprint density at radius 1 is 1.00 bits per heavy atom. The van der Waals surface area contributed by atoms with Crippen molar-refractivity contribution in [1.29, 1.82) is 0 Å². The largest absolute Gasteiger partial charge is 0.493 e. The van der Waals surface area contributed by atoms with Gasteiger partial charge >= 0.3 is 5.97 Å². The summed E-state index contributed by atoms with van der Waals surface area (Å²) in [4.78, 5) is 33.4. The number of hydrogen-bond donors (Lipinski definition) is 1. The van der Waals surface area contributed by atoms with Gasteiger partial charge in [-0.15, -0.1) is 0 Å². The highest BCUT2D eigenvalue weighted by molar-refractivity contribution is 5.94. The molecular formula is C25H23N3O4. The van der Waals surface area contributed by atoms with Crippen LogP contribution in [0.15, 0.2) is 54.9 Å². The number of benzene rings is 2. The molecule has 0 radical (unpaired) electrons. The van der Waals surface area contributed by atoms with Crippen molar-refractivity contribution < 1.29 is 19.1 Å². The van der Waals surface area contributed by atoms with Crippen LogP contribution in [0.5, 0.6) is 5.75 Å². The van der Waals surface area contributed by atoms with Crippen molar-refractivity contribution >= 4 is 11.9 Å². The molecule has 0 saturated heterocycles. The molecule has 1 aliphatic heterocycles. The normalized spacial score (nSPS) is 17.1. The van der Waals surface area contributed by atoms with Crippen LogP contribution >= 0.6 is 0 Å². The van der Waals surface area contributed by atoms with Crippen molar-refractivity contribution in [3.63, 3.8) is 0 Å². The van der Waals surface area contributed by atoms with Crippen LogP contribution in [0.2, 0.25) is 0 Å². The lowest BCUT2D eigenvalue weighted by Crippen LogP contribution is -2.32. The van der Waals surface area contributed by atoms with Gasteiger partial charge in [0.25, 0.3) is 5.91 Å². The first-order chi connectivity index (χ1) is 15.6. The second-order valence-corrected chi connectivity index (χ2v) is 8.09. The quantitative estimate of drug-likeness (QED) is 0.615. The number of nitrogens with one attached hydrogen (secondary N) is 1. The van der Waals surface area contributed by atoms with Crippen molar-refractivity contribution in [3.05, 3.63) is 77.4 Å². The van der Waals surface area contributed by atoms with Crippen molar-refractivity contribution in [1.82, 2.24) is 15.3 Å². The van der Waals surface area contributed by atoms with Gasteiger partial charge in [0.1, 0.15) is 11.6 Å². The number of carbonyl (C=O) groups is 2. The van der Waals surface area contributed by atoms with E-state index in [1.54, 1.807) is 24.5 Å². The summed E-state index contributed by atoms with van der Waals surface area (Å²) in [6.07, 6.45) is 6.10. The Bertz CT molecular complexity index is 1170. The van der Waals surface area contributed by atoms with E-state index in [0.717, 1.165) is 41.1 Å². The Hall–Kier alpha value is -3.74. The molecule has 1 aliphatic carbocycles. The average Bonchev–Trinajstić information content (AvgIpc) is 3.69. The van der Waals surface area contributed by atoms with E-state index in [9.17, 15) is 9.59 Å². The third-order valence-corrected chi connectivity index (χ3v) is 5.85. The molecule has 1 aromatic heterocycles. The summed E-state index contributed by atoms with van der Waals surface area (Å²) in [6.45, 7) is 0.520. The van der Waals surface area contributed by atoms with Gasteiger partial charge < -0.3 is 14.8 Å². The molecule has 162 valence electrons. The van der Waals surface area contributed by atoms with Crippen LogP contribution in [-0.2, 0) is 4.74 Å². The van der Waals surface area contributed by atoms with E-state index in [1.165, 1.54) is 7.11 Å². The van der Waals surface area contributed by atoms with E-state index in [4.69, 9.17) is 9.47 Å². The van der Waals surface area contributed by atoms with E-state index in [1.807, 2.05) is 30.3 Å². The van der Waals surface area contributed by atoms with Crippen LogP contribution in [0.3, 0.4) is 0 Å². The zero-order chi connectivity index (χ0) is 22.1. The predicted octanol–water partition coefficient (Wildman–Crippen LogP) is 4.06. The van der Waals surface area contributed by atoms with Gasteiger partial charge in [-0.2, -0.15) is 0 Å². The van der Waals surface area contributed by atoms with Crippen LogP contribution < -0.4 is 10.1 Å². The topological polar surface area (TPSA) is 90.4 Å². The molecule has 2 aromatic carbocycles. The standard InChI is InChI=1S/C25H23N3O4/c1-31-25(30)18-4-2-3-16(11-18)17-7-8-22-20(12-17)21(9-10-32-22)28-24(29)19-13-26-23(27-14-19)15-5-6-15/h2-4,7-8,11-15,21H,5-6,9-10H2,1H3,(H,28,29). The minimum absolute atomic E-state index is 0.196. The highest BCUT2D eigenvalue weighted by atomic mass is 16.5. The Labute approximate surface area is 185 Å². The molecule has 1 unspecified atom stereocenters. The Morgan fingerprint density at radius 3 is 2.53 bits per heavy atom. The molecule has 2 aliphatic rings. The highest BCUT2D eigenvalue weighted by Crippen LogP contribution is 2.38. The molecule has 0 spiro atoms. The zero-order valence-corrected chi connectivity index (χ0v) is 17.7. The number of methoxy groups -OCH3 is 1. The molecule has 3 aromatic rings. The summed E-state index contributed by atoms with van der Waals surface area (Å²) in [5.74, 6) is 1.42. The van der Waals surface area contributed by atoms with Crippen molar-refractivity contribution in [2.24, 2.45) is 0 Å². The van der Waals surface area contributed by atoms with Gasteiger partial charge in [0.15, 0.2) is 0 Å². The van der Waals surface area contributed by atoms with Crippen LogP contribution in [-0.4, -0.2) is 35.6 Å². The highest BCUT2D eigenvalue weighted by Gasteiger charge is 2.27. The Morgan fingerprint density at radius 2 is 1.78 bits per heavy atom. The minimum atomic E-state index is -0.381. The van der Waals surface area contributed by atoms with Crippen LogP contribution in [0.1, 0.15) is 63.3 Å². The molecule has 5 rings (SSSR count). The summed E-state index contributed by atoms with van der Waals surface area (Å²) in [5, 5.41) is 3.10. The summed E-state index contributed by atoms with van der Waals surface area (Å²) in [5.41, 5.74) is 3.65. The second kappa shape index (κ2) is 8.42. The fourth-order valence-electron chi connectivity index (χ4n) is 3.92. The van der Waals surface area contributed by atoms with E-state index >= 15 is 0 Å². The summed E-state index contributed by atoms with van der Waals surface area (Å²) < 4.78 is 10.6. The number of carbonyl (C=O) groups excluding carboxylic acids is 2. The maximum Gasteiger partial charge on any atom is 0.337 e. The van der Waals surface area contributed by atoms with Crippen molar-refractivity contribution in [3.8, 4) is 16.9 Å². The number of hydrogen-bond acceptors (Lipinski definition) is 6. The zero-order valence-electron chi connectivity index (χ0n) is 17.7. The third-order valence-electron chi connectivity index (χ3n) is 5.85. The van der Waals surface area contributed by atoms with E-state index in [2.05, 4.69) is 15.3 Å². The van der Waals surface area contributed by atoms with Gasteiger partial charge in [-0.3, -0.25) is 4.79 Å². The summed E-state index contributed by atoms with van der Waals surface area (Å²) in [6, 6.07) is 12.9. The molecule has 32 heavy (non-hydrogen) atoms. The molecule has 1 N–H and O–H groups in total. The van der Waals surface area contributed by atoms with Crippen molar-refractivity contribution in [2.45, 2.75) is 31.2 Å². The monoisotopic (exact) mass is 429 g/mol. The summed E-state index contributed by atoms with van der Waals surface area (Å²) >= 11 is 0. The molecule has 1 fully saturated rings. The second-order valence-electron chi connectivity index (χ2n) is 8.09. The van der Waals surface area contributed by atoms with Gasteiger partial charge in [-0.25, -0.2) is 14.8 Å². The van der Waals surface area contributed by atoms with Gasteiger partial charge in [-0.05, 0) is 48.2 Å². The lowest BCUT2D eigenvalue weighted by atomic mass is 9.94.